The largest absolute Gasteiger partial charge is 0.469 e. The number of alkyl halides is 1. The number of esters is 1. The maximum atomic E-state index is 13.2. The number of rotatable bonds is 4. The summed E-state index contributed by atoms with van der Waals surface area (Å²) < 4.78 is 22.8. The predicted octanol–water partition coefficient (Wildman–Crippen LogP) is 1.01. The molecule has 0 aromatic rings. The van der Waals surface area contributed by atoms with E-state index in [2.05, 4.69) is 10.1 Å². The number of halogens is 1. The molecule has 2 amide bonds. The average Bonchev–Trinajstić information content (AvgIpc) is 2.81. The van der Waals surface area contributed by atoms with Crippen molar-refractivity contribution in [2.75, 3.05) is 20.2 Å². The number of methoxy groups -OCH3 is 1. The highest BCUT2D eigenvalue weighted by Gasteiger charge is 2.34. The molecule has 1 rings (SSSR count). The van der Waals surface area contributed by atoms with Gasteiger partial charge in [-0.25, -0.2) is 9.18 Å². The number of ether oxygens (including phenoxy) is 2. The Labute approximate surface area is 129 Å². The molecule has 0 bridgehead atoms. The van der Waals surface area contributed by atoms with Crippen LogP contribution in [0.1, 0.15) is 33.6 Å². The van der Waals surface area contributed by atoms with Crippen LogP contribution in [0.2, 0.25) is 0 Å². The number of hydrogen-bond donors (Lipinski definition) is 1. The van der Waals surface area contributed by atoms with Gasteiger partial charge in [-0.15, -0.1) is 0 Å². The van der Waals surface area contributed by atoms with E-state index >= 15 is 0 Å². The van der Waals surface area contributed by atoms with Gasteiger partial charge in [0.25, 0.3) is 0 Å². The van der Waals surface area contributed by atoms with Crippen LogP contribution in [0, 0.1) is 0 Å². The molecule has 1 aliphatic rings. The molecular weight excluding hydrogens is 295 g/mol. The number of likely N-dealkylation sites (tertiary alicyclic amines) is 1. The minimum absolute atomic E-state index is 0.0352. The van der Waals surface area contributed by atoms with Crippen LogP contribution in [0.5, 0.6) is 0 Å². The first kappa shape index (κ1) is 18.2. The summed E-state index contributed by atoms with van der Waals surface area (Å²) in [6, 6.07) is -1.13. The lowest BCUT2D eigenvalue weighted by Gasteiger charge is -2.25. The predicted molar refractivity (Wildman–Crippen MR) is 75.9 cm³/mol. The van der Waals surface area contributed by atoms with Gasteiger partial charge in [-0.3, -0.25) is 9.59 Å². The zero-order chi connectivity index (χ0) is 16.9. The molecule has 0 aromatic heterocycles. The average molecular weight is 318 g/mol. The van der Waals surface area contributed by atoms with Crippen molar-refractivity contribution in [2.24, 2.45) is 0 Å². The number of alkyl carbamates (subject to hydrolysis) is 1. The summed E-state index contributed by atoms with van der Waals surface area (Å²) in [4.78, 5) is 36.8. The molecule has 0 saturated carbocycles. The lowest BCUT2D eigenvalue weighted by atomic mass is 10.1. The first-order valence-electron chi connectivity index (χ1n) is 7.11. The van der Waals surface area contributed by atoms with E-state index < -0.39 is 35.8 Å². The number of nitrogens with zero attached hydrogens (tertiary/aromatic N) is 1. The summed E-state index contributed by atoms with van der Waals surface area (Å²) in [6.45, 7) is 5.26. The second kappa shape index (κ2) is 7.42. The molecule has 1 N–H and O–H groups in total. The summed E-state index contributed by atoms with van der Waals surface area (Å²) in [7, 11) is 1.19. The summed E-state index contributed by atoms with van der Waals surface area (Å²) in [5, 5.41) is 2.35. The molecule has 2 atom stereocenters. The summed E-state index contributed by atoms with van der Waals surface area (Å²) >= 11 is 0. The lowest BCUT2D eigenvalue weighted by molar-refractivity contribution is -0.144. The molecule has 1 heterocycles. The van der Waals surface area contributed by atoms with Gasteiger partial charge in [0, 0.05) is 6.54 Å². The molecule has 0 aromatic carbocycles. The number of nitrogens with one attached hydrogen (secondary N) is 1. The zero-order valence-electron chi connectivity index (χ0n) is 13.3. The lowest BCUT2D eigenvalue weighted by Crippen LogP contribution is -2.50. The van der Waals surface area contributed by atoms with Crippen LogP contribution >= 0.6 is 0 Å². The second-order valence-electron chi connectivity index (χ2n) is 6.15. The number of carbonyl (C=O) groups excluding carboxylic acids is 3. The van der Waals surface area contributed by atoms with Gasteiger partial charge in [-0.2, -0.15) is 0 Å². The Kier molecular flexibility index (Phi) is 6.13. The van der Waals surface area contributed by atoms with E-state index in [-0.39, 0.29) is 25.9 Å². The molecule has 1 aliphatic heterocycles. The van der Waals surface area contributed by atoms with E-state index in [0.717, 1.165) is 0 Å². The standard InChI is InChI=1S/C14H23FN2O5/c1-14(2,3)22-13(20)16-10(7-11(18)21-4)12(19)17-6-5-9(15)8-17/h9-10H,5-8H2,1-4H3,(H,16,20)/t9-,10?/m0/s1. The monoisotopic (exact) mass is 318 g/mol. The first-order chi connectivity index (χ1) is 10.1. The van der Waals surface area contributed by atoms with Crippen molar-refractivity contribution >= 4 is 18.0 Å². The van der Waals surface area contributed by atoms with Crippen LogP contribution in [0.4, 0.5) is 9.18 Å². The molecule has 0 spiro atoms. The van der Waals surface area contributed by atoms with Gasteiger partial charge in [0.15, 0.2) is 0 Å². The maximum absolute atomic E-state index is 13.2. The van der Waals surface area contributed by atoms with Crippen LogP contribution in [-0.4, -0.2) is 60.9 Å². The third kappa shape index (κ3) is 5.87. The third-order valence-electron chi connectivity index (χ3n) is 3.03. The topological polar surface area (TPSA) is 84.9 Å². The number of carbonyl (C=O) groups is 3. The normalized spacial score (nSPS) is 19.5. The van der Waals surface area contributed by atoms with Crippen molar-refractivity contribution in [3.63, 3.8) is 0 Å². The van der Waals surface area contributed by atoms with Crippen LogP contribution in [0.3, 0.4) is 0 Å². The van der Waals surface area contributed by atoms with E-state index in [1.165, 1.54) is 12.0 Å². The molecule has 1 fully saturated rings. The van der Waals surface area contributed by atoms with Gasteiger partial charge in [0.2, 0.25) is 5.91 Å². The molecule has 1 unspecified atom stereocenters. The van der Waals surface area contributed by atoms with Gasteiger partial charge in [-0.1, -0.05) is 0 Å². The Morgan fingerprint density at radius 1 is 1.36 bits per heavy atom. The fourth-order valence-electron chi connectivity index (χ4n) is 2.04. The van der Waals surface area contributed by atoms with Crippen molar-refractivity contribution < 1.29 is 28.2 Å². The minimum atomic E-state index is -1.13. The summed E-state index contributed by atoms with van der Waals surface area (Å²) in [5.41, 5.74) is -0.735. The summed E-state index contributed by atoms with van der Waals surface area (Å²) in [5.74, 6) is -1.16. The van der Waals surface area contributed by atoms with Gasteiger partial charge in [0.05, 0.1) is 20.1 Å². The smallest absolute Gasteiger partial charge is 0.408 e. The van der Waals surface area contributed by atoms with Crippen molar-refractivity contribution in [3.8, 4) is 0 Å². The Morgan fingerprint density at radius 2 is 2.00 bits per heavy atom. The quantitative estimate of drug-likeness (QED) is 0.782. The first-order valence-corrected chi connectivity index (χ1v) is 7.11. The molecule has 126 valence electrons. The molecule has 22 heavy (non-hydrogen) atoms. The van der Waals surface area contributed by atoms with Crippen molar-refractivity contribution in [3.05, 3.63) is 0 Å². The van der Waals surface area contributed by atoms with Crippen LogP contribution < -0.4 is 5.32 Å². The van der Waals surface area contributed by atoms with Crippen LogP contribution in [-0.2, 0) is 19.1 Å². The second-order valence-corrected chi connectivity index (χ2v) is 6.15. The van der Waals surface area contributed by atoms with Crippen LogP contribution in [0.25, 0.3) is 0 Å². The zero-order valence-corrected chi connectivity index (χ0v) is 13.3. The summed E-state index contributed by atoms with van der Waals surface area (Å²) in [6.07, 6.45) is -1.97. The number of amides is 2. The fourth-order valence-corrected chi connectivity index (χ4v) is 2.04. The maximum Gasteiger partial charge on any atom is 0.408 e. The van der Waals surface area contributed by atoms with Crippen molar-refractivity contribution in [2.45, 2.75) is 51.4 Å². The van der Waals surface area contributed by atoms with E-state index in [1.54, 1.807) is 20.8 Å². The van der Waals surface area contributed by atoms with Gasteiger partial charge >= 0.3 is 12.1 Å². The molecule has 0 aliphatic carbocycles. The Morgan fingerprint density at radius 3 is 2.45 bits per heavy atom. The van der Waals surface area contributed by atoms with Gasteiger partial charge < -0.3 is 19.7 Å². The van der Waals surface area contributed by atoms with E-state index in [1.807, 2.05) is 0 Å². The minimum Gasteiger partial charge on any atom is -0.469 e. The molecule has 0 radical (unpaired) electrons. The van der Waals surface area contributed by atoms with Gasteiger partial charge in [-0.05, 0) is 27.2 Å². The van der Waals surface area contributed by atoms with Crippen molar-refractivity contribution in [1.82, 2.24) is 10.2 Å². The Bertz CT molecular complexity index is 435. The van der Waals surface area contributed by atoms with E-state index in [9.17, 15) is 18.8 Å². The van der Waals surface area contributed by atoms with Gasteiger partial charge in [0.1, 0.15) is 17.8 Å². The molecule has 1 saturated heterocycles. The SMILES string of the molecule is COC(=O)CC(NC(=O)OC(C)(C)C)C(=O)N1CC[C@H](F)C1. The molecule has 8 heteroatoms. The van der Waals surface area contributed by atoms with Crippen molar-refractivity contribution in [1.29, 1.82) is 0 Å². The third-order valence-corrected chi connectivity index (χ3v) is 3.03. The molecule has 7 nitrogen and oxygen atoms in total. The molecular formula is C14H23FN2O5. The Balaban J connectivity index is 2.72. The Hall–Kier alpha value is -1.86. The highest BCUT2D eigenvalue weighted by atomic mass is 19.1. The number of hydrogen-bond acceptors (Lipinski definition) is 5. The highest BCUT2D eigenvalue weighted by molar-refractivity contribution is 5.89. The van der Waals surface area contributed by atoms with E-state index in [0.29, 0.717) is 0 Å². The van der Waals surface area contributed by atoms with E-state index in [4.69, 9.17) is 4.74 Å². The fraction of sp³-hybridized carbons (Fsp3) is 0.786. The van der Waals surface area contributed by atoms with Crippen LogP contribution in [0.15, 0.2) is 0 Å². The highest BCUT2D eigenvalue weighted by Crippen LogP contribution is 2.15.